The lowest BCUT2D eigenvalue weighted by Crippen LogP contribution is -2.07. The van der Waals surface area contributed by atoms with E-state index >= 15 is 0 Å². The predicted molar refractivity (Wildman–Crippen MR) is 68.9 cm³/mol. The van der Waals surface area contributed by atoms with Crippen LogP contribution in [0.5, 0.6) is 0 Å². The van der Waals surface area contributed by atoms with Crippen LogP contribution in [0, 0.1) is 0 Å². The topological polar surface area (TPSA) is 26.3 Å². The molecular formula is C13H25ClO2. The number of alkyl halides is 1. The van der Waals surface area contributed by atoms with Gasteiger partial charge in [0.15, 0.2) is 0 Å². The molecule has 0 fully saturated rings. The molecule has 0 radical (unpaired) electrons. The highest BCUT2D eigenvalue weighted by molar-refractivity contribution is 6.20. The van der Waals surface area contributed by atoms with Crippen LogP contribution in [0.3, 0.4) is 0 Å². The summed E-state index contributed by atoms with van der Waals surface area (Å²) < 4.78 is 4.85. The van der Waals surface area contributed by atoms with Gasteiger partial charge < -0.3 is 4.74 Å². The summed E-state index contributed by atoms with van der Waals surface area (Å²) in [6.07, 6.45) is 9.58. The van der Waals surface area contributed by atoms with E-state index in [0.717, 1.165) is 12.8 Å². The summed E-state index contributed by atoms with van der Waals surface area (Å²) in [6, 6.07) is 0. The maximum absolute atomic E-state index is 10.5. The normalized spacial score (nSPS) is 12.4. The van der Waals surface area contributed by atoms with E-state index in [2.05, 4.69) is 6.92 Å². The number of carbonyl (C=O) groups excluding carboxylic acids is 1. The Labute approximate surface area is 105 Å². The third-order valence-electron chi connectivity index (χ3n) is 2.61. The van der Waals surface area contributed by atoms with E-state index in [1.807, 2.05) is 0 Å². The first kappa shape index (κ1) is 15.8. The maximum atomic E-state index is 10.5. The van der Waals surface area contributed by atoms with Crippen LogP contribution >= 0.6 is 11.6 Å². The highest BCUT2D eigenvalue weighted by Crippen LogP contribution is 2.14. The summed E-state index contributed by atoms with van der Waals surface area (Å²) >= 11 is 6.11. The fourth-order valence-electron chi connectivity index (χ4n) is 1.62. The second kappa shape index (κ2) is 11.3. The van der Waals surface area contributed by atoms with Crippen LogP contribution in [-0.2, 0) is 9.53 Å². The van der Waals surface area contributed by atoms with E-state index < -0.39 is 0 Å². The number of carbonyl (C=O) groups is 1. The first-order valence-electron chi connectivity index (χ1n) is 6.44. The number of rotatable bonds is 10. The van der Waals surface area contributed by atoms with Crippen molar-refractivity contribution >= 4 is 17.6 Å². The lowest BCUT2D eigenvalue weighted by Gasteiger charge is -2.08. The van der Waals surface area contributed by atoms with E-state index in [4.69, 9.17) is 16.3 Å². The number of esters is 1. The second-order valence-corrected chi connectivity index (χ2v) is 4.90. The Bertz CT molecular complexity index is 171. The third kappa shape index (κ3) is 11.8. The van der Waals surface area contributed by atoms with Gasteiger partial charge in [-0.25, -0.2) is 0 Å². The molecule has 16 heavy (non-hydrogen) atoms. The van der Waals surface area contributed by atoms with Gasteiger partial charge in [0.2, 0.25) is 0 Å². The van der Waals surface area contributed by atoms with Gasteiger partial charge in [-0.15, -0.1) is 11.6 Å². The zero-order chi connectivity index (χ0) is 12.2. The standard InChI is InChI=1S/C13H25ClO2/c1-3-4-5-6-7-8-9-13(14)10-11-16-12(2)15/h13H,3-11H2,1-2H3. The molecular weight excluding hydrogens is 224 g/mol. The molecule has 0 aliphatic heterocycles. The number of halogens is 1. The van der Waals surface area contributed by atoms with Crippen molar-refractivity contribution in [3.05, 3.63) is 0 Å². The zero-order valence-corrected chi connectivity index (χ0v) is 11.4. The van der Waals surface area contributed by atoms with Crippen molar-refractivity contribution in [2.75, 3.05) is 6.61 Å². The van der Waals surface area contributed by atoms with Gasteiger partial charge in [-0.05, 0) is 12.8 Å². The summed E-state index contributed by atoms with van der Waals surface area (Å²) in [5.74, 6) is -0.219. The summed E-state index contributed by atoms with van der Waals surface area (Å²) in [5.41, 5.74) is 0. The lowest BCUT2D eigenvalue weighted by atomic mass is 10.1. The van der Waals surface area contributed by atoms with Crippen molar-refractivity contribution in [1.82, 2.24) is 0 Å². The monoisotopic (exact) mass is 248 g/mol. The van der Waals surface area contributed by atoms with Crippen LogP contribution in [0.1, 0.15) is 65.2 Å². The van der Waals surface area contributed by atoms with Crippen molar-refractivity contribution in [2.45, 2.75) is 70.6 Å². The molecule has 1 atom stereocenters. The quantitative estimate of drug-likeness (QED) is 0.327. The fourth-order valence-corrected chi connectivity index (χ4v) is 1.86. The second-order valence-electron chi connectivity index (χ2n) is 4.28. The molecule has 96 valence electrons. The molecule has 0 aromatic carbocycles. The Morgan fingerprint density at radius 1 is 1.12 bits per heavy atom. The number of hydrogen-bond donors (Lipinski definition) is 0. The minimum atomic E-state index is -0.219. The Morgan fingerprint density at radius 2 is 1.75 bits per heavy atom. The van der Waals surface area contributed by atoms with Gasteiger partial charge in [-0.1, -0.05) is 45.4 Å². The molecule has 0 aromatic heterocycles. The maximum Gasteiger partial charge on any atom is 0.302 e. The third-order valence-corrected chi connectivity index (χ3v) is 3.04. The van der Waals surface area contributed by atoms with Gasteiger partial charge in [0.1, 0.15) is 0 Å². The molecule has 3 heteroatoms. The van der Waals surface area contributed by atoms with Crippen LogP contribution in [0.2, 0.25) is 0 Å². The van der Waals surface area contributed by atoms with Crippen LogP contribution < -0.4 is 0 Å². The molecule has 0 spiro atoms. The SMILES string of the molecule is CCCCCCCCC(Cl)CCOC(C)=O. The molecule has 0 amide bonds. The molecule has 0 rings (SSSR count). The molecule has 0 bridgehead atoms. The van der Waals surface area contributed by atoms with Gasteiger partial charge >= 0.3 is 5.97 Å². The van der Waals surface area contributed by atoms with Gasteiger partial charge in [0, 0.05) is 12.3 Å². The minimum Gasteiger partial charge on any atom is -0.466 e. The van der Waals surface area contributed by atoms with Gasteiger partial charge in [0.25, 0.3) is 0 Å². The Kier molecular flexibility index (Phi) is 11.1. The van der Waals surface area contributed by atoms with E-state index in [-0.39, 0.29) is 11.3 Å². The lowest BCUT2D eigenvalue weighted by molar-refractivity contribution is -0.141. The average Bonchev–Trinajstić information content (AvgIpc) is 2.22. The summed E-state index contributed by atoms with van der Waals surface area (Å²) in [5, 5.41) is 0.158. The highest BCUT2D eigenvalue weighted by atomic mass is 35.5. The van der Waals surface area contributed by atoms with Crippen molar-refractivity contribution < 1.29 is 9.53 Å². The molecule has 0 saturated carbocycles. The van der Waals surface area contributed by atoms with E-state index in [9.17, 15) is 4.79 Å². The number of unbranched alkanes of at least 4 members (excludes halogenated alkanes) is 5. The predicted octanol–water partition coefficient (Wildman–Crippen LogP) is 4.30. The van der Waals surface area contributed by atoms with Crippen LogP contribution in [-0.4, -0.2) is 18.0 Å². The molecule has 0 aliphatic rings. The van der Waals surface area contributed by atoms with E-state index in [1.165, 1.54) is 45.4 Å². The Hall–Kier alpha value is -0.240. The van der Waals surface area contributed by atoms with Crippen LogP contribution in [0.15, 0.2) is 0 Å². The first-order chi connectivity index (χ1) is 7.66. The number of ether oxygens (including phenoxy) is 1. The molecule has 2 nitrogen and oxygen atoms in total. The minimum absolute atomic E-state index is 0.158. The van der Waals surface area contributed by atoms with E-state index in [0.29, 0.717) is 6.61 Å². The van der Waals surface area contributed by atoms with Crippen molar-refractivity contribution in [3.63, 3.8) is 0 Å². The summed E-state index contributed by atoms with van der Waals surface area (Å²) in [6.45, 7) is 4.11. The van der Waals surface area contributed by atoms with Gasteiger partial charge in [0.05, 0.1) is 6.61 Å². The Morgan fingerprint density at radius 3 is 2.38 bits per heavy atom. The molecule has 0 aliphatic carbocycles. The van der Waals surface area contributed by atoms with Crippen LogP contribution in [0.25, 0.3) is 0 Å². The van der Waals surface area contributed by atoms with Crippen molar-refractivity contribution in [2.24, 2.45) is 0 Å². The Balaban J connectivity index is 3.17. The van der Waals surface area contributed by atoms with Crippen molar-refractivity contribution in [3.8, 4) is 0 Å². The zero-order valence-electron chi connectivity index (χ0n) is 10.6. The number of hydrogen-bond acceptors (Lipinski definition) is 2. The smallest absolute Gasteiger partial charge is 0.302 e. The average molecular weight is 249 g/mol. The largest absolute Gasteiger partial charge is 0.466 e. The highest BCUT2D eigenvalue weighted by Gasteiger charge is 2.05. The van der Waals surface area contributed by atoms with Gasteiger partial charge in [-0.2, -0.15) is 0 Å². The van der Waals surface area contributed by atoms with Crippen molar-refractivity contribution in [1.29, 1.82) is 0 Å². The van der Waals surface area contributed by atoms with Crippen LogP contribution in [0.4, 0.5) is 0 Å². The fraction of sp³-hybridized carbons (Fsp3) is 0.923. The summed E-state index contributed by atoms with van der Waals surface area (Å²) in [7, 11) is 0. The van der Waals surface area contributed by atoms with E-state index in [1.54, 1.807) is 0 Å². The molecule has 0 heterocycles. The molecule has 0 N–H and O–H groups in total. The molecule has 1 unspecified atom stereocenters. The summed E-state index contributed by atoms with van der Waals surface area (Å²) in [4.78, 5) is 10.5. The molecule has 0 aromatic rings. The molecule has 0 saturated heterocycles. The van der Waals surface area contributed by atoms with Gasteiger partial charge in [-0.3, -0.25) is 4.79 Å². The first-order valence-corrected chi connectivity index (χ1v) is 6.88.